The van der Waals surface area contributed by atoms with Crippen molar-refractivity contribution in [2.45, 2.75) is 5.75 Å². The molecule has 2 aliphatic rings. The molecule has 0 saturated heterocycles. The number of hydrazone groups is 1. The third-order valence-corrected chi connectivity index (χ3v) is 6.75. The van der Waals surface area contributed by atoms with Crippen molar-refractivity contribution >= 4 is 50.9 Å². The molecular formula is C22H20N4O4S2. The van der Waals surface area contributed by atoms with Crippen LogP contribution in [0.15, 0.2) is 58.1 Å². The third kappa shape index (κ3) is 4.37. The molecule has 2 aromatic carbocycles. The maximum Gasteiger partial charge on any atom is 0.283 e. The van der Waals surface area contributed by atoms with Crippen molar-refractivity contribution in [2.24, 2.45) is 10.1 Å². The van der Waals surface area contributed by atoms with Crippen LogP contribution in [0.3, 0.4) is 0 Å². The van der Waals surface area contributed by atoms with Gasteiger partial charge in [0.25, 0.3) is 5.91 Å². The van der Waals surface area contributed by atoms with Gasteiger partial charge in [-0.25, -0.2) is 0 Å². The summed E-state index contributed by atoms with van der Waals surface area (Å²) in [5.74, 6) is 1.56. The number of carbonyl (C=O) groups is 1. The monoisotopic (exact) mass is 468 g/mol. The lowest BCUT2D eigenvalue weighted by Gasteiger charge is -2.20. The minimum Gasteiger partial charge on any atom is -0.493 e. The Hall–Kier alpha value is -3.24. The van der Waals surface area contributed by atoms with Gasteiger partial charge in [0, 0.05) is 5.75 Å². The minimum atomic E-state index is -0.494. The van der Waals surface area contributed by atoms with Gasteiger partial charge < -0.3 is 14.2 Å². The molecule has 2 aliphatic heterocycles. The summed E-state index contributed by atoms with van der Waals surface area (Å²) in [6, 6.07) is 13.4. The van der Waals surface area contributed by atoms with Gasteiger partial charge in [0.15, 0.2) is 21.7 Å². The van der Waals surface area contributed by atoms with E-state index in [4.69, 9.17) is 19.6 Å². The van der Waals surface area contributed by atoms with Crippen molar-refractivity contribution < 1.29 is 19.0 Å². The van der Waals surface area contributed by atoms with Crippen molar-refractivity contribution in [2.75, 3.05) is 21.3 Å². The smallest absolute Gasteiger partial charge is 0.283 e. The number of amidine groups is 2. The van der Waals surface area contributed by atoms with Gasteiger partial charge in [-0.1, -0.05) is 42.1 Å². The summed E-state index contributed by atoms with van der Waals surface area (Å²) in [5, 5.41) is 14.8. The molecule has 0 unspecified atom stereocenters. The van der Waals surface area contributed by atoms with E-state index in [0.717, 1.165) is 10.1 Å². The Morgan fingerprint density at radius 1 is 1.09 bits per heavy atom. The molecule has 0 saturated carbocycles. The van der Waals surface area contributed by atoms with Crippen LogP contribution in [0.4, 0.5) is 0 Å². The molecule has 32 heavy (non-hydrogen) atoms. The van der Waals surface area contributed by atoms with Crippen LogP contribution >= 0.6 is 23.5 Å². The van der Waals surface area contributed by atoms with Gasteiger partial charge in [0.2, 0.25) is 10.9 Å². The summed E-state index contributed by atoms with van der Waals surface area (Å²) in [7, 11) is 4.55. The molecule has 8 nitrogen and oxygen atoms in total. The number of aliphatic imine (C=N–C) groups is 1. The van der Waals surface area contributed by atoms with Crippen LogP contribution < -0.4 is 14.2 Å². The first-order valence-corrected chi connectivity index (χ1v) is 11.3. The molecule has 164 valence electrons. The molecule has 4 rings (SSSR count). The molecular weight excluding hydrogens is 448 g/mol. The second kappa shape index (κ2) is 9.49. The van der Waals surface area contributed by atoms with Gasteiger partial charge in [-0.2, -0.15) is 10.0 Å². The lowest BCUT2D eigenvalue weighted by Crippen LogP contribution is -2.35. The number of ether oxygens (including phenoxy) is 3. The van der Waals surface area contributed by atoms with Gasteiger partial charge >= 0.3 is 0 Å². The van der Waals surface area contributed by atoms with Crippen LogP contribution in [0.1, 0.15) is 11.1 Å². The lowest BCUT2D eigenvalue weighted by atomic mass is 10.1. The number of nitrogens with zero attached hydrogens (tertiary/aromatic N) is 3. The van der Waals surface area contributed by atoms with E-state index < -0.39 is 5.91 Å². The highest BCUT2D eigenvalue weighted by Crippen LogP contribution is 2.39. The summed E-state index contributed by atoms with van der Waals surface area (Å²) >= 11 is 2.83. The summed E-state index contributed by atoms with van der Waals surface area (Å²) in [6.45, 7) is 0. The van der Waals surface area contributed by atoms with Crippen molar-refractivity contribution in [3.05, 3.63) is 59.2 Å². The number of rotatable bonds is 6. The minimum absolute atomic E-state index is 0.0310. The standard InChI is InChI=1S/C22H20N4O4S2/c1-28-16-10-14(11-17(29-2)18(16)30-3)9-15-19(23)26-21(24-20(15)27)32-22(25-26)31-12-13-7-5-4-6-8-13/h4-11,23H,12H2,1-3H3/b15-9-,23-19?. The number of fused-ring (bicyclic) bond motifs is 1. The summed E-state index contributed by atoms with van der Waals surface area (Å²) in [6.07, 6.45) is 1.57. The van der Waals surface area contributed by atoms with Gasteiger partial charge in [-0.15, -0.1) is 5.10 Å². The predicted molar refractivity (Wildman–Crippen MR) is 129 cm³/mol. The molecule has 0 aliphatic carbocycles. The second-order valence-corrected chi connectivity index (χ2v) is 8.80. The Labute approximate surface area is 193 Å². The third-order valence-electron chi connectivity index (χ3n) is 4.64. The predicted octanol–water partition coefficient (Wildman–Crippen LogP) is 4.22. The maximum absolute atomic E-state index is 12.7. The van der Waals surface area contributed by atoms with E-state index in [1.165, 1.54) is 43.7 Å². The number of thioether (sulfide) groups is 2. The lowest BCUT2D eigenvalue weighted by molar-refractivity contribution is -0.114. The Morgan fingerprint density at radius 2 is 1.78 bits per heavy atom. The molecule has 2 heterocycles. The fraction of sp³-hybridized carbons (Fsp3) is 0.182. The van der Waals surface area contributed by atoms with E-state index in [2.05, 4.69) is 10.1 Å². The zero-order chi connectivity index (χ0) is 22.7. The van der Waals surface area contributed by atoms with Crippen LogP contribution in [0, 0.1) is 5.41 Å². The highest BCUT2D eigenvalue weighted by molar-refractivity contribution is 8.45. The summed E-state index contributed by atoms with van der Waals surface area (Å²) in [5.41, 5.74) is 1.91. The van der Waals surface area contributed by atoms with Gasteiger partial charge in [-0.05, 0) is 41.1 Å². The molecule has 0 atom stereocenters. The highest BCUT2D eigenvalue weighted by atomic mass is 32.2. The number of nitrogens with one attached hydrogen (secondary N) is 1. The molecule has 0 bridgehead atoms. The van der Waals surface area contributed by atoms with E-state index in [-0.39, 0.29) is 11.4 Å². The van der Waals surface area contributed by atoms with E-state index in [9.17, 15) is 4.79 Å². The molecule has 10 heteroatoms. The van der Waals surface area contributed by atoms with Crippen LogP contribution in [0.5, 0.6) is 17.2 Å². The Bertz CT molecular complexity index is 1140. The van der Waals surface area contributed by atoms with Crippen molar-refractivity contribution in [3.8, 4) is 17.2 Å². The SMILES string of the molecule is COc1cc(/C=C2/C(=N)N3N=C(SCc4ccccc4)SC3=NC2=O)cc(OC)c1OC. The molecule has 0 spiro atoms. The first kappa shape index (κ1) is 22.0. The van der Waals surface area contributed by atoms with Gasteiger partial charge in [0.05, 0.1) is 26.9 Å². The molecule has 0 fully saturated rings. The fourth-order valence-corrected chi connectivity index (χ4v) is 4.99. The Morgan fingerprint density at radius 3 is 2.41 bits per heavy atom. The second-order valence-electron chi connectivity index (χ2n) is 6.62. The van der Waals surface area contributed by atoms with Crippen molar-refractivity contribution in [1.29, 1.82) is 5.41 Å². The summed E-state index contributed by atoms with van der Waals surface area (Å²) in [4.78, 5) is 16.8. The van der Waals surface area contributed by atoms with Crippen LogP contribution in [0.2, 0.25) is 0 Å². The van der Waals surface area contributed by atoms with Crippen molar-refractivity contribution in [1.82, 2.24) is 5.01 Å². The average Bonchev–Trinajstić information content (AvgIpc) is 3.23. The number of methoxy groups -OCH3 is 3. The first-order valence-electron chi connectivity index (χ1n) is 9.51. The maximum atomic E-state index is 12.7. The highest BCUT2D eigenvalue weighted by Gasteiger charge is 2.35. The summed E-state index contributed by atoms with van der Waals surface area (Å²) < 4.78 is 16.8. The zero-order valence-electron chi connectivity index (χ0n) is 17.6. The van der Waals surface area contributed by atoms with E-state index >= 15 is 0 Å². The van der Waals surface area contributed by atoms with Crippen LogP contribution in [-0.2, 0) is 10.5 Å². The zero-order valence-corrected chi connectivity index (χ0v) is 19.3. The first-order chi connectivity index (χ1) is 15.5. The molecule has 2 aromatic rings. The van der Waals surface area contributed by atoms with E-state index in [0.29, 0.717) is 28.0 Å². The van der Waals surface area contributed by atoms with E-state index in [1.54, 1.807) is 30.0 Å². The number of amides is 1. The number of benzene rings is 2. The largest absolute Gasteiger partial charge is 0.493 e. The van der Waals surface area contributed by atoms with Gasteiger partial charge in [-0.3, -0.25) is 10.2 Å². The molecule has 1 amide bonds. The van der Waals surface area contributed by atoms with Gasteiger partial charge in [0.1, 0.15) is 0 Å². The average molecular weight is 469 g/mol. The number of hydrogen-bond acceptors (Lipinski definition) is 8. The van der Waals surface area contributed by atoms with Crippen molar-refractivity contribution in [3.63, 3.8) is 0 Å². The molecule has 0 aromatic heterocycles. The topological polar surface area (TPSA) is 96.6 Å². The molecule has 0 radical (unpaired) electrons. The Kier molecular flexibility index (Phi) is 6.52. The molecule has 1 N–H and O–H groups in total. The van der Waals surface area contributed by atoms with Crippen LogP contribution in [0.25, 0.3) is 6.08 Å². The van der Waals surface area contributed by atoms with Crippen LogP contribution in [-0.4, -0.2) is 47.6 Å². The number of hydrogen-bond donors (Lipinski definition) is 1. The normalized spacial score (nSPS) is 16.6. The van der Waals surface area contributed by atoms with E-state index in [1.807, 2.05) is 30.3 Å². The Balaban J connectivity index is 1.59. The quantitative estimate of drug-likeness (QED) is 0.634. The fourth-order valence-electron chi connectivity index (χ4n) is 3.10. The number of carbonyl (C=O) groups excluding carboxylic acids is 1.